The number of esters is 2. The maximum Gasteiger partial charge on any atom is 0.305 e. The van der Waals surface area contributed by atoms with Gasteiger partial charge in [-0.1, -0.05) is 62.0 Å². The van der Waals surface area contributed by atoms with E-state index in [1.54, 1.807) is 0 Å². The predicted molar refractivity (Wildman–Crippen MR) is 158 cm³/mol. The number of fused-ring (bicyclic) bond motifs is 2. The second kappa shape index (κ2) is 16.2. The minimum atomic E-state index is -1.15. The topological polar surface area (TPSA) is 177 Å². The summed E-state index contributed by atoms with van der Waals surface area (Å²) in [5.41, 5.74) is -0.735. The number of rotatable bonds is 15. The summed E-state index contributed by atoms with van der Waals surface area (Å²) in [7, 11) is 0. The minimum Gasteiger partial charge on any atom is -0.463 e. The van der Waals surface area contributed by atoms with E-state index in [1.807, 2.05) is 13.8 Å². The zero-order valence-corrected chi connectivity index (χ0v) is 25.8. The third-order valence-corrected chi connectivity index (χ3v) is 10.0. The summed E-state index contributed by atoms with van der Waals surface area (Å²) in [5.74, 6) is -0.681. The molecule has 2 saturated heterocycles. The SMILES string of the molecule is CC1=N[C@@H]2[C@@H](O)[C@H](O)[C@@H](COC(=O)CCCCCCCCCCC(=O)OC[C@H]3O[C@@H]4SC(C)=N[C@@H]4[C@@H](O)[C@@H]3O)O[C@@H]2S1. The van der Waals surface area contributed by atoms with Gasteiger partial charge in [0.25, 0.3) is 0 Å². The first-order valence-electron chi connectivity index (χ1n) is 14.9. The first-order chi connectivity index (χ1) is 20.1. The van der Waals surface area contributed by atoms with Gasteiger partial charge < -0.3 is 39.4 Å². The summed E-state index contributed by atoms with van der Waals surface area (Å²) in [6.07, 6.45) is 2.03. The number of hydrogen-bond donors (Lipinski definition) is 4. The van der Waals surface area contributed by atoms with Gasteiger partial charge in [0.1, 0.15) is 72.8 Å². The fourth-order valence-corrected chi connectivity index (χ4v) is 7.64. The van der Waals surface area contributed by atoms with Crippen molar-refractivity contribution in [3.05, 3.63) is 0 Å². The highest BCUT2D eigenvalue weighted by Gasteiger charge is 2.49. The number of aliphatic hydroxyl groups excluding tert-OH is 4. The Kier molecular flexibility index (Phi) is 12.9. The van der Waals surface area contributed by atoms with Gasteiger partial charge in [0.05, 0.1) is 10.1 Å². The number of carbonyl (C=O) groups is 2. The second-order valence-electron chi connectivity index (χ2n) is 11.3. The number of thioether (sulfide) groups is 2. The fourth-order valence-electron chi connectivity index (χ4n) is 5.49. The van der Waals surface area contributed by atoms with Crippen LogP contribution in [0.3, 0.4) is 0 Å². The van der Waals surface area contributed by atoms with Crippen LogP contribution in [0.4, 0.5) is 0 Å². The molecule has 0 amide bonds. The van der Waals surface area contributed by atoms with Gasteiger partial charge in [0, 0.05) is 12.8 Å². The molecule has 0 radical (unpaired) electrons. The molecule has 2 fully saturated rings. The van der Waals surface area contributed by atoms with Crippen LogP contribution in [0.15, 0.2) is 9.98 Å². The summed E-state index contributed by atoms with van der Waals surface area (Å²) >= 11 is 2.81. The van der Waals surface area contributed by atoms with Gasteiger partial charge in [0.2, 0.25) is 0 Å². The Balaban J connectivity index is 0.952. The van der Waals surface area contributed by atoms with Gasteiger partial charge in [-0.25, -0.2) is 0 Å². The number of aliphatic hydroxyl groups is 4. The van der Waals surface area contributed by atoms with Crippen LogP contribution >= 0.6 is 23.5 Å². The van der Waals surface area contributed by atoms with Crippen molar-refractivity contribution in [1.29, 1.82) is 0 Å². The van der Waals surface area contributed by atoms with Crippen LogP contribution in [0.2, 0.25) is 0 Å². The van der Waals surface area contributed by atoms with Gasteiger partial charge >= 0.3 is 11.9 Å². The monoisotopic (exact) mass is 632 g/mol. The van der Waals surface area contributed by atoms with Gasteiger partial charge in [-0.15, -0.1) is 0 Å². The molecule has 0 bridgehead atoms. The maximum absolute atomic E-state index is 12.1. The molecule has 0 aromatic rings. The van der Waals surface area contributed by atoms with Crippen LogP contribution in [0, 0.1) is 0 Å². The van der Waals surface area contributed by atoms with Crippen molar-refractivity contribution in [1.82, 2.24) is 0 Å². The van der Waals surface area contributed by atoms with Crippen LogP contribution in [-0.4, -0.2) is 115 Å². The molecule has 4 aliphatic heterocycles. The van der Waals surface area contributed by atoms with Crippen LogP contribution in [0.1, 0.15) is 78.1 Å². The standard InChI is InChI=1S/C28H44N2O10S2/c1-15-29-21-25(35)23(33)17(39-27(21)41-15)13-37-19(31)11-9-7-5-3-4-6-8-10-12-20(32)38-14-18-24(34)26(36)22-28(40-18)42-16(2)30-22/h17-18,21-28,33-36H,3-14H2,1-2H3/t17-,18-,21-,22-,23-,24-,25-,26-,27-,28-/m1/s1. The number of ether oxygens (including phenoxy) is 4. The molecule has 0 unspecified atom stereocenters. The lowest BCUT2D eigenvalue weighted by Gasteiger charge is -2.37. The van der Waals surface area contributed by atoms with Crippen molar-refractivity contribution in [3.8, 4) is 0 Å². The van der Waals surface area contributed by atoms with E-state index in [-0.39, 0.29) is 36.0 Å². The quantitative estimate of drug-likeness (QED) is 0.153. The Morgan fingerprint density at radius 3 is 1.38 bits per heavy atom. The largest absolute Gasteiger partial charge is 0.463 e. The van der Waals surface area contributed by atoms with Crippen LogP contribution in [0.5, 0.6) is 0 Å². The Hall–Kier alpha value is -1.26. The van der Waals surface area contributed by atoms with Gasteiger partial charge in [-0.05, 0) is 26.7 Å². The van der Waals surface area contributed by atoms with E-state index in [0.29, 0.717) is 12.8 Å². The van der Waals surface area contributed by atoms with Crippen LogP contribution < -0.4 is 0 Å². The van der Waals surface area contributed by atoms with Gasteiger partial charge in [-0.2, -0.15) is 0 Å². The molecule has 0 saturated carbocycles. The van der Waals surface area contributed by atoms with Crippen molar-refractivity contribution in [3.63, 3.8) is 0 Å². The van der Waals surface area contributed by atoms with E-state index in [9.17, 15) is 30.0 Å². The van der Waals surface area contributed by atoms with E-state index in [1.165, 1.54) is 23.5 Å². The summed E-state index contributed by atoms with van der Waals surface area (Å²) in [5, 5.41) is 42.8. The molecule has 4 N–H and O–H groups in total. The van der Waals surface area contributed by atoms with Gasteiger partial charge in [0.15, 0.2) is 0 Å². The highest BCUT2D eigenvalue weighted by molar-refractivity contribution is 8.14. The highest BCUT2D eigenvalue weighted by atomic mass is 32.2. The molecule has 42 heavy (non-hydrogen) atoms. The van der Waals surface area contributed by atoms with Crippen molar-refractivity contribution in [2.75, 3.05) is 13.2 Å². The number of hydrogen-bond acceptors (Lipinski definition) is 14. The Morgan fingerprint density at radius 2 is 1.00 bits per heavy atom. The number of carbonyl (C=O) groups excluding carboxylic acids is 2. The molecular weight excluding hydrogens is 588 g/mol. The number of nitrogens with zero attached hydrogens (tertiary/aromatic N) is 2. The normalized spacial score (nSPS) is 35.7. The summed E-state index contributed by atoms with van der Waals surface area (Å²) < 4.78 is 22.2. The third kappa shape index (κ3) is 9.13. The predicted octanol–water partition coefficient (Wildman–Crippen LogP) is 1.93. The van der Waals surface area contributed by atoms with Crippen molar-refractivity contribution in [2.24, 2.45) is 9.98 Å². The summed E-state index contributed by atoms with van der Waals surface area (Å²) in [6.45, 7) is 3.47. The molecule has 10 atom stereocenters. The van der Waals surface area contributed by atoms with E-state index in [4.69, 9.17) is 18.9 Å². The van der Waals surface area contributed by atoms with Crippen molar-refractivity contribution in [2.45, 2.75) is 138 Å². The lowest BCUT2D eigenvalue weighted by molar-refractivity contribution is -0.178. The smallest absolute Gasteiger partial charge is 0.305 e. The van der Waals surface area contributed by atoms with Crippen LogP contribution in [0.25, 0.3) is 0 Å². The van der Waals surface area contributed by atoms with E-state index < -0.39 is 48.7 Å². The molecule has 4 heterocycles. The average Bonchev–Trinajstić information content (AvgIpc) is 3.53. The third-order valence-electron chi connectivity index (χ3n) is 7.90. The van der Waals surface area contributed by atoms with E-state index in [2.05, 4.69) is 9.98 Å². The fraction of sp³-hybridized carbons (Fsp3) is 0.857. The zero-order valence-electron chi connectivity index (χ0n) is 24.2. The van der Waals surface area contributed by atoms with Crippen LogP contribution in [-0.2, 0) is 28.5 Å². The lowest BCUT2D eigenvalue weighted by Crippen LogP contribution is -2.56. The van der Waals surface area contributed by atoms with E-state index in [0.717, 1.165) is 61.5 Å². The molecule has 0 aliphatic carbocycles. The number of unbranched alkanes of at least 4 members (excludes halogenated alkanes) is 7. The Morgan fingerprint density at radius 1 is 0.643 bits per heavy atom. The average molecular weight is 633 g/mol. The molecule has 4 aliphatic rings. The molecule has 0 aromatic heterocycles. The molecule has 0 spiro atoms. The van der Waals surface area contributed by atoms with Gasteiger partial charge in [-0.3, -0.25) is 19.6 Å². The van der Waals surface area contributed by atoms with Crippen molar-refractivity contribution < 1.29 is 49.0 Å². The molecule has 14 heteroatoms. The summed E-state index contributed by atoms with van der Waals surface area (Å²) in [4.78, 5) is 32.8. The summed E-state index contributed by atoms with van der Waals surface area (Å²) in [6, 6.07) is -0.986. The highest BCUT2D eigenvalue weighted by Crippen LogP contribution is 2.37. The molecule has 12 nitrogen and oxygen atoms in total. The second-order valence-corrected chi connectivity index (χ2v) is 13.8. The van der Waals surface area contributed by atoms with Crippen molar-refractivity contribution >= 4 is 45.5 Å². The maximum atomic E-state index is 12.1. The minimum absolute atomic E-state index is 0.0952. The molecule has 4 rings (SSSR count). The lowest BCUT2D eigenvalue weighted by atomic mass is 9.99. The molecule has 0 aromatic carbocycles. The molecular formula is C28H44N2O10S2. The molecule has 238 valence electrons. The zero-order chi connectivity index (χ0) is 30.2. The van der Waals surface area contributed by atoms with E-state index >= 15 is 0 Å². The first-order valence-corrected chi connectivity index (χ1v) is 16.7. The number of aliphatic imine (C=N–C) groups is 2. The Bertz CT molecular complexity index is 908. The first kappa shape index (κ1) is 33.6. The Labute approximate surface area is 255 Å².